The number of nitrogens with one attached hydrogen (secondary N) is 1. The first-order chi connectivity index (χ1) is 8.38. The van der Waals surface area contributed by atoms with Gasteiger partial charge in [0.25, 0.3) is 0 Å². The van der Waals surface area contributed by atoms with Crippen molar-refractivity contribution in [1.29, 1.82) is 0 Å². The Hall–Kier alpha value is -1.41. The van der Waals surface area contributed by atoms with Crippen LogP contribution < -0.4 is 5.32 Å². The zero-order chi connectivity index (χ0) is 11.7. The smallest absolute Gasteiger partial charge is 0.0343 e. The van der Waals surface area contributed by atoms with Gasteiger partial charge in [0.05, 0.1) is 0 Å². The second-order valence-electron chi connectivity index (χ2n) is 4.97. The van der Waals surface area contributed by atoms with Gasteiger partial charge in [0, 0.05) is 18.9 Å². The van der Waals surface area contributed by atoms with Crippen LogP contribution in [0.4, 0.5) is 0 Å². The molecule has 0 spiro atoms. The zero-order valence-corrected chi connectivity index (χ0v) is 10.0. The first-order valence-electron chi connectivity index (χ1n) is 6.37. The van der Waals surface area contributed by atoms with E-state index in [1.165, 1.54) is 30.5 Å². The first kappa shape index (κ1) is 10.7. The lowest BCUT2D eigenvalue weighted by atomic mass is 9.84. The molecule has 2 heteroatoms. The van der Waals surface area contributed by atoms with Gasteiger partial charge in [0.15, 0.2) is 0 Å². The van der Waals surface area contributed by atoms with Crippen LogP contribution in [0.5, 0.6) is 0 Å². The Morgan fingerprint density at radius 2 is 2.35 bits per heavy atom. The molecule has 1 N–H and O–H groups in total. The van der Waals surface area contributed by atoms with E-state index in [2.05, 4.69) is 29.0 Å². The summed E-state index contributed by atoms with van der Waals surface area (Å²) in [5.41, 5.74) is 3.87. The van der Waals surface area contributed by atoms with E-state index in [1.54, 1.807) is 0 Å². The molecule has 0 amide bonds. The minimum atomic E-state index is 0.686. The molecule has 2 nitrogen and oxygen atoms in total. The van der Waals surface area contributed by atoms with Gasteiger partial charge >= 0.3 is 0 Å². The summed E-state index contributed by atoms with van der Waals surface area (Å²) in [5, 5.41) is 3.50. The van der Waals surface area contributed by atoms with Crippen molar-refractivity contribution < 1.29 is 0 Å². The van der Waals surface area contributed by atoms with E-state index in [0.717, 1.165) is 18.0 Å². The van der Waals surface area contributed by atoms with Gasteiger partial charge in [-0.3, -0.25) is 4.98 Å². The summed E-state index contributed by atoms with van der Waals surface area (Å²) in [6.45, 7) is 6.10. The van der Waals surface area contributed by atoms with Crippen molar-refractivity contribution in [2.45, 2.75) is 12.8 Å². The molecule has 1 fully saturated rings. The third-order valence-electron chi connectivity index (χ3n) is 3.99. The number of aromatic nitrogens is 1. The molecular formula is C15H18N2. The Bertz CT molecular complexity index is 462. The van der Waals surface area contributed by atoms with Crippen LogP contribution in [-0.2, 0) is 0 Å². The number of piperidine rings is 1. The number of pyridine rings is 1. The van der Waals surface area contributed by atoms with Crippen LogP contribution in [0, 0.1) is 11.8 Å². The molecule has 1 aliphatic carbocycles. The number of hydrogen-bond acceptors (Lipinski definition) is 2. The molecule has 88 valence electrons. The van der Waals surface area contributed by atoms with E-state index in [0.29, 0.717) is 5.92 Å². The Labute approximate surface area is 102 Å². The Balaban J connectivity index is 1.90. The monoisotopic (exact) mass is 226 g/mol. The SMILES string of the molecule is C=Cc1cncc(C2=CC[C@H]3CCNC[C@@H]23)c1. The van der Waals surface area contributed by atoms with Crippen LogP contribution in [0.15, 0.2) is 31.1 Å². The molecule has 0 bridgehead atoms. The number of allylic oxidation sites excluding steroid dienone is 1. The van der Waals surface area contributed by atoms with Gasteiger partial charge in [-0.1, -0.05) is 18.7 Å². The average Bonchev–Trinajstić information content (AvgIpc) is 2.82. The summed E-state index contributed by atoms with van der Waals surface area (Å²) in [6, 6.07) is 2.20. The Morgan fingerprint density at radius 3 is 3.24 bits per heavy atom. The lowest BCUT2D eigenvalue weighted by molar-refractivity contribution is 0.328. The third kappa shape index (κ3) is 1.93. The van der Waals surface area contributed by atoms with Gasteiger partial charge in [-0.15, -0.1) is 0 Å². The molecule has 2 atom stereocenters. The molecule has 0 aromatic carbocycles. The van der Waals surface area contributed by atoms with Crippen LogP contribution >= 0.6 is 0 Å². The van der Waals surface area contributed by atoms with Crippen LogP contribution in [0.1, 0.15) is 24.0 Å². The molecule has 0 radical (unpaired) electrons. The van der Waals surface area contributed by atoms with Crippen LogP contribution in [0.25, 0.3) is 11.6 Å². The Morgan fingerprint density at radius 1 is 1.41 bits per heavy atom. The highest BCUT2D eigenvalue weighted by Crippen LogP contribution is 2.40. The fraction of sp³-hybridized carbons (Fsp3) is 0.400. The van der Waals surface area contributed by atoms with E-state index < -0.39 is 0 Å². The highest BCUT2D eigenvalue weighted by Gasteiger charge is 2.32. The lowest BCUT2D eigenvalue weighted by Crippen LogP contribution is -2.34. The quantitative estimate of drug-likeness (QED) is 0.838. The van der Waals surface area contributed by atoms with Crippen molar-refractivity contribution in [1.82, 2.24) is 10.3 Å². The van der Waals surface area contributed by atoms with E-state index in [1.807, 2.05) is 18.5 Å². The third-order valence-corrected chi connectivity index (χ3v) is 3.99. The van der Waals surface area contributed by atoms with Crippen molar-refractivity contribution in [3.8, 4) is 0 Å². The topological polar surface area (TPSA) is 24.9 Å². The number of rotatable bonds is 2. The van der Waals surface area contributed by atoms with E-state index in [4.69, 9.17) is 0 Å². The highest BCUT2D eigenvalue weighted by atomic mass is 14.9. The van der Waals surface area contributed by atoms with Crippen LogP contribution in [0.3, 0.4) is 0 Å². The summed E-state index contributed by atoms with van der Waals surface area (Å²) in [7, 11) is 0. The van der Waals surface area contributed by atoms with E-state index in [9.17, 15) is 0 Å². The van der Waals surface area contributed by atoms with Crippen molar-refractivity contribution in [3.63, 3.8) is 0 Å². The highest BCUT2D eigenvalue weighted by molar-refractivity contribution is 5.71. The van der Waals surface area contributed by atoms with Gasteiger partial charge < -0.3 is 5.32 Å². The minimum Gasteiger partial charge on any atom is -0.316 e. The van der Waals surface area contributed by atoms with Gasteiger partial charge in [-0.05, 0) is 54.0 Å². The normalized spacial score (nSPS) is 27.4. The summed E-state index contributed by atoms with van der Waals surface area (Å²) in [5.74, 6) is 1.53. The van der Waals surface area contributed by atoms with Crippen molar-refractivity contribution in [2.75, 3.05) is 13.1 Å². The lowest BCUT2D eigenvalue weighted by Gasteiger charge is -2.28. The van der Waals surface area contributed by atoms with Crippen molar-refractivity contribution in [2.24, 2.45) is 11.8 Å². The molecule has 2 heterocycles. The second kappa shape index (κ2) is 4.46. The van der Waals surface area contributed by atoms with E-state index >= 15 is 0 Å². The van der Waals surface area contributed by atoms with Gasteiger partial charge in [-0.2, -0.15) is 0 Å². The molecule has 3 rings (SSSR count). The maximum atomic E-state index is 4.31. The minimum absolute atomic E-state index is 0.686. The molecular weight excluding hydrogens is 208 g/mol. The first-order valence-corrected chi connectivity index (χ1v) is 6.37. The molecule has 0 unspecified atom stereocenters. The molecule has 1 saturated heterocycles. The second-order valence-corrected chi connectivity index (χ2v) is 4.97. The fourth-order valence-corrected chi connectivity index (χ4v) is 3.05. The standard InChI is InChI=1S/C15H18N2/c1-2-11-7-13(9-17-8-11)14-4-3-12-5-6-16-10-15(12)14/h2,4,7-9,12,15-16H,1,3,5-6,10H2/t12-,15+/m0/s1. The summed E-state index contributed by atoms with van der Waals surface area (Å²) >= 11 is 0. The maximum absolute atomic E-state index is 4.31. The summed E-state index contributed by atoms with van der Waals surface area (Å²) in [4.78, 5) is 4.31. The predicted octanol–water partition coefficient (Wildman–Crippen LogP) is 2.74. The zero-order valence-electron chi connectivity index (χ0n) is 10.0. The molecule has 0 saturated carbocycles. The fourth-order valence-electron chi connectivity index (χ4n) is 3.05. The molecule has 2 aliphatic rings. The molecule has 1 aliphatic heterocycles. The van der Waals surface area contributed by atoms with Crippen LogP contribution in [0.2, 0.25) is 0 Å². The van der Waals surface area contributed by atoms with Crippen molar-refractivity contribution in [3.05, 3.63) is 42.2 Å². The number of hydrogen-bond donors (Lipinski definition) is 1. The Kier molecular flexibility index (Phi) is 2.81. The predicted molar refractivity (Wildman–Crippen MR) is 71.4 cm³/mol. The van der Waals surface area contributed by atoms with E-state index in [-0.39, 0.29) is 0 Å². The largest absolute Gasteiger partial charge is 0.316 e. The van der Waals surface area contributed by atoms with Gasteiger partial charge in [0.2, 0.25) is 0 Å². The summed E-state index contributed by atoms with van der Waals surface area (Å²) in [6.07, 6.45) is 10.7. The summed E-state index contributed by atoms with van der Waals surface area (Å²) < 4.78 is 0. The molecule has 1 aromatic rings. The number of nitrogens with zero attached hydrogens (tertiary/aromatic N) is 1. The molecule has 17 heavy (non-hydrogen) atoms. The average molecular weight is 226 g/mol. The number of fused-ring (bicyclic) bond motifs is 1. The van der Waals surface area contributed by atoms with Crippen LogP contribution in [-0.4, -0.2) is 18.1 Å². The van der Waals surface area contributed by atoms with Crippen molar-refractivity contribution >= 4 is 11.6 Å². The van der Waals surface area contributed by atoms with Gasteiger partial charge in [-0.25, -0.2) is 0 Å². The molecule has 1 aromatic heterocycles. The van der Waals surface area contributed by atoms with Gasteiger partial charge in [0.1, 0.15) is 0 Å². The maximum Gasteiger partial charge on any atom is 0.0343 e.